The lowest BCUT2D eigenvalue weighted by Crippen LogP contribution is -2.50. The van der Waals surface area contributed by atoms with Crippen LogP contribution < -0.4 is 4.90 Å². The van der Waals surface area contributed by atoms with E-state index in [0.29, 0.717) is 13.1 Å². The summed E-state index contributed by atoms with van der Waals surface area (Å²) in [4.78, 5) is 29.6. The first-order chi connectivity index (χ1) is 13.1. The molecule has 2 fully saturated rings. The van der Waals surface area contributed by atoms with E-state index >= 15 is 0 Å². The summed E-state index contributed by atoms with van der Waals surface area (Å²) >= 11 is 1.62. The number of thioether (sulfide) groups is 1. The van der Waals surface area contributed by atoms with Crippen LogP contribution >= 0.6 is 11.8 Å². The van der Waals surface area contributed by atoms with E-state index in [2.05, 4.69) is 25.1 Å². The number of anilines is 1. The molecule has 1 atom stereocenters. The predicted molar refractivity (Wildman–Crippen MR) is 107 cm³/mol. The van der Waals surface area contributed by atoms with Gasteiger partial charge < -0.3 is 9.80 Å². The molecule has 0 radical (unpaired) electrons. The third kappa shape index (κ3) is 2.52. The maximum Gasteiger partial charge on any atom is 0.268 e. The van der Waals surface area contributed by atoms with Crippen LogP contribution in [0.3, 0.4) is 0 Å². The van der Waals surface area contributed by atoms with E-state index < -0.39 is 4.87 Å². The van der Waals surface area contributed by atoms with Crippen molar-refractivity contribution < 1.29 is 9.59 Å². The van der Waals surface area contributed by atoms with Gasteiger partial charge in [0.2, 0.25) is 5.91 Å². The Labute approximate surface area is 163 Å². The number of carbonyl (C=O) groups is 2. The molecule has 138 valence electrons. The molecule has 1 spiro atoms. The van der Waals surface area contributed by atoms with Crippen LogP contribution in [-0.4, -0.2) is 29.0 Å². The molecule has 0 aromatic heterocycles. The van der Waals surface area contributed by atoms with Crippen molar-refractivity contribution in [2.45, 2.75) is 31.2 Å². The summed E-state index contributed by atoms with van der Waals surface area (Å²) in [6.07, 6.45) is 1.91. The van der Waals surface area contributed by atoms with Crippen LogP contribution in [0.2, 0.25) is 0 Å². The number of amides is 2. The molecule has 4 nitrogen and oxygen atoms in total. The van der Waals surface area contributed by atoms with E-state index in [-0.39, 0.29) is 17.7 Å². The minimum atomic E-state index is -0.875. The Morgan fingerprint density at radius 3 is 2.78 bits per heavy atom. The van der Waals surface area contributed by atoms with Gasteiger partial charge in [-0.15, -0.1) is 11.8 Å². The van der Waals surface area contributed by atoms with Gasteiger partial charge in [0.25, 0.3) is 5.91 Å². The number of para-hydroxylation sites is 1. The molecule has 0 N–H and O–H groups in total. The first-order valence-electron chi connectivity index (χ1n) is 9.54. The van der Waals surface area contributed by atoms with Crippen molar-refractivity contribution in [1.29, 1.82) is 0 Å². The van der Waals surface area contributed by atoms with E-state index in [9.17, 15) is 9.59 Å². The molecular weight excluding hydrogens is 356 g/mol. The summed E-state index contributed by atoms with van der Waals surface area (Å²) in [5, 5.41) is 0. The maximum absolute atomic E-state index is 13.7. The third-order valence-corrected chi connectivity index (χ3v) is 7.14. The highest BCUT2D eigenvalue weighted by atomic mass is 32.2. The molecule has 2 heterocycles. The van der Waals surface area contributed by atoms with Crippen molar-refractivity contribution >= 4 is 29.3 Å². The molecule has 3 aliphatic rings. The van der Waals surface area contributed by atoms with Crippen LogP contribution in [0.1, 0.15) is 29.5 Å². The van der Waals surface area contributed by atoms with Crippen molar-refractivity contribution in [3.05, 3.63) is 65.2 Å². The van der Waals surface area contributed by atoms with Crippen LogP contribution in [0.15, 0.2) is 48.5 Å². The molecule has 0 unspecified atom stereocenters. The van der Waals surface area contributed by atoms with E-state index in [1.54, 1.807) is 11.8 Å². The summed E-state index contributed by atoms with van der Waals surface area (Å²) < 4.78 is 0. The highest BCUT2D eigenvalue weighted by Crippen LogP contribution is 2.55. The number of carbonyl (C=O) groups excluding carboxylic acids is 2. The Balaban J connectivity index is 1.58. The Bertz CT molecular complexity index is 939. The van der Waals surface area contributed by atoms with E-state index in [1.807, 2.05) is 40.1 Å². The van der Waals surface area contributed by atoms with Gasteiger partial charge in [0.1, 0.15) is 0 Å². The van der Waals surface area contributed by atoms with Crippen molar-refractivity contribution in [3.63, 3.8) is 0 Å². The van der Waals surface area contributed by atoms with Crippen molar-refractivity contribution in [2.75, 3.05) is 17.2 Å². The van der Waals surface area contributed by atoms with Gasteiger partial charge in [-0.1, -0.05) is 48.0 Å². The predicted octanol–water partition coefficient (Wildman–Crippen LogP) is 3.68. The average molecular weight is 378 g/mol. The van der Waals surface area contributed by atoms with Crippen LogP contribution in [0.25, 0.3) is 0 Å². The van der Waals surface area contributed by atoms with Crippen molar-refractivity contribution in [3.8, 4) is 0 Å². The summed E-state index contributed by atoms with van der Waals surface area (Å²) in [7, 11) is 0. The molecule has 1 aliphatic carbocycles. The Morgan fingerprint density at radius 2 is 2.00 bits per heavy atom. The van der Waals surface area contributed by atoms with Gasteiger partial charge in [0.15, 0.2) is 4.87 Å². The molecule has 2 aliphatic heterocycles. The maximum atomic E-state index is 13.7. The molecule has 2 aromatic rings. The molecule has 0 bridgehead atoms. The Morgan fingerprint density at radius 1 is 1.19 bits per heavy atom. The SMILES string of the molecule is Cc1cccc(CN2C(=O)[C@]3(SCCN3C(=O)C3CC3)c3ccccc32)c1. The second-order valence-corrected chi connectivity index (χ2v) is 8.94. The minimum Gasteiger partial charge on any atom is -0.315 e. The normalized spacial score (nSPS) is 24.0. The van der Waals surface area contributed by atoms with E-state index in [1.165, 1.54) is 5.56 Å². The fraction of sp³-hybridized carbons (Fsp3) is 0.364. The molecular formula is C22H22N2O2S. The zero-order valence-corrected chi connectivity index (χ0v) is 16.2. The molecule has 1 saturated carbocycles. The van der Waals surface area contributed by atoms with Gasteiger partial charge in [-0.3, -0.25) is 9.59 Å². The van der Waals surface area contributed by atoms with Crippen LogP contribution in [-0.2, 0) is 21.0 Å². The zero-order chi connectivity index (χ0) is 18.6. The molecule has 5 rings (SSSR count). The number of hydrogen-bond donors (Lipinski definition) is 0. The lowest BCUT2D eigenvalue weighted by atomic mass is 10.1. The third-order valence-electron chi connectivity index (χ3n) is 5.72. The second-order valence-electron chi connectivity index (χ2n) is 7.65. The molecule has 1 saturated heterocycles. The van der Waals surface area contributed by atoms with Crippen LogP contribution in [0.5, 0.6) is 0 Å². The summed E-state index contributed by atoms with van der Waals surface area (Å²) in [5.41, 5.74) is 4.20. The Kier molecular flexibility index (Phi) is 3.83. The molecule has 2 amide bonds. The highest BCUT2D eigenvalue weighted by molar-refractivity contribution is 8.01. The highest BCUT2D eigenvalue weighted by Gasteiger charge is 2.60. The lowest BCUT2D eigenvalue weighted by molar-refractivity contribution is -0.141. The fourth-order valence-electron chi connectivity index (χ4n) is 4.29. The largest absolute Gasteiger partial charge is 0.315 e. The van der Waals surface area contributed by atoms with Gasteiger partial charge in [-0.25, -0.2) is 0 Å². The van der Waals surface area contributed by atoms with Crippen molar-refractivity contribution in [1.82, 2.24) is 4.90 Å². The molecule has 5 heteroatoms. The quantitative estimate of drug-likeness (QED) is 0.818. The van der Waals surface area contributed by atoms with Gasteiger partial charge in [-0.2, -0.15) is 0 Å². The topological polar surface area (TPSA) is 40.6 Å². The van der Waals surface area contributed by atoms with Gasteiger partial charge in [0, 0.05) is 23.8 Å². The Hall–Kier alpha value is -2.27. The first-order valence-corrected chi connectivity index (χ1v) is 10.5. The number of nitrogens with zero attached hydrogens (tertiary/aromatic N) is 2. The second kappa shape index (κ2) is 6.13. The van der Waals surface area contributed by atoms with E-state index in [4.69, 9.17) is 0 Å². The molecule has 2 aromatic carbocycles. The van der Waals surface area contributed by atoms with Crippen LogP contribution in [0, 0.1) is 12.8 Å². The summed E-state index contributed by atoms with van der Waals surface area (Å²) in [6.45, 7) is 3.25. The van der Waals surface area contributed by atoms with Crippen LogP contribution in [0.4, 0.5) is 5.69 Å². The first kappa shape index (κ1) is 16.9. The smallest absolute Gasteiger partial charge is 0.268 e. The number of hydrogen-bond acceptors (Lipinski definition) is 3. The van der Waals surface area contributed by atoms with Gasteiger partial charge in [0.05, 0.1) is 12.2 Å². The average Bonchev–Trinajstić information content (AvgIpc) is 3.39. The van der Waals surface area contributed by atoms with E-state index in [0.717, 1.165) is 35.4 Å². The number of rotatable bonds is 3. The van der Waals surface area contributed by atoms with Crippen molar-refractivity contribution in [2.24, 2.45) is 5.92 Å². The summed E-state index contributed by atoms with van der Waals surface area (Å²) in [6, 6.07) is 16.3. The van der Waals surface area contributed by atoms with Gasteiger partial charge in [-0.05, 0) is 31.4 Å². The molecule has 27 heavy (non-hydrogen) atoms. The number of fused-ring (bicyclic) bond motifs is 2. The lowest BCUT2D eigenvalue weighted by Gasteiger charge is -2.33. The zero-order valence-electron chi connectivity index (χ0n) is 15.4. The monoisotopic (exact) mass is 378 g/mol. The van der Waals surface area contributed by atoms with Gasteiger partial charge >= 0.3 is 0 Å². The minimum absolute atomic E-state index is 0.0294. The fourth-order valence-corrected chi connectivity index (χ4v) is 5.76. The number of aryl methyl sites for hydroxylation is 1. The standard InChI is InChI=1S/C22H22N2O2S/c1-15-5-4-6-16(13-15)14-23-19-8-3-2-7-18(19)22(21(23)26)24(11-12-27-22)20(25)17-9-10-17/h2-8,13,17H,9-12,14H2,1H3/t22-/m1/s1. The summed E-state index contributed by atoms with van der Waals surface area (Å²) in [5.74, 6) is 1.10. The number of benzene rings is 2.